The molecular weight excluding hydrogens is 292 g/mol. The average molecular weight is 312 g/mol. The van der Waals surface area contributed by atoms with Gasteiger partial charge in [-0.15, -0.1) is 0 Å². The zero-order chi connectivity index (χ0) is 16.8. The standard InChI is InChI=1S/C13H20N4O5/c1-13(2,3)22-9(18)7-15-4-5-21-8-6-16-10(12(19)20)11(14)17-8/h6,15H,4-5,7H2,1-3H3,(H2,14,17)(H,19,20). The number of rotatable bonds is 7. The third kappa shape index (κ3) is 6.35. The Kier molecular flexibility index (Phi) is 6.05. The van der Waals surface area contributed by atoms with Crippen molar-refractivity contribution in [3.8, 4) is 5.88 Å². The van der Waals surface area contributed by atoms with Crippen LogP contribution < -0.4 is 15.8 Å². The number of nitrogens with one attached hydrogen (secondary N) is 1. The molecule has 0 aromatic carbocycles. The second-order valence-corrected chi connectivity index (χ2v) is 5.36. The largest absolute Gasteiger partial charge is 0.476 e. The van der Waals surface area contributed by atoms with Crippen LogP contribution in [0.4, 0.5) is 5.82 Å². The number of anilines is 1. The summed E-state index contributed by atoms with van der Waals surface area (Å²) in [6.07, 6.45) is 1.17. The molecule has 9 heteroatoms. The molecule has 0 aliphatic rings. The summed E-state index contributed by atoms with van der Waals surface area (Å²) < 4.78 is 10.4. The summed E-state index contributed by atoms with van der Waals surface area (Å²) in [5.41, 5.74) is 4.60. The zero-order valence-electron chi connectivity index (χ0n) is 12.8. The molecule has 0 amide bonds. The number of carbonyl (C=O) groups excluding carboxylic acids is 1. The third-order valence-corrected chi connectivity index (χ3v) is 2.20. The molecule has 0 unspecified atom stereocenters. The summed E-state index contributed by atoms with van der Waals surface area (Å²) in [5, 5.41) is 11.6. The first kappa shape index (κ1) is 17.6. The number of nitrogens with zero attached hydrogens (tertiary/aromatic N) is 2. The fraction of sp³-hybridized carbons (Fsp3) is 0.538. The highest BCUT2D eigenvalue weighted by Gasteiger charge is 2.15. The first-order chi connectivity index (χ1) is 10.2. The molecule has 0 saturated carbocycles. The Bertz CT molecular complexity index is 542. The summed E-state index contributed by atoms with van der Waals surface area (Å²) in [6.45, 7) is 6.02. The number of nitrogen functional groups attached to an aromatic ring is 1. The second-order valence-electron chi connectivity index (χ2n) is 5.36. The summed E-state index contributed by atoms with van der Waals surface area (Å²) >= 11 is 0. The van der Waals surface area contributed by atoms with E-state index in [1.807, 2.05) is 0 Å². The number of aromatic nitrogens is 2. The smallest absolute Gasteiger partial charge is 0.358 e. The maximum Gasteiger partial charge on any atom is 0.358 e. The van der Waals surface area contributed by atoms with Crippen LogP contribution in [0.3, 0.4) is 0 Å². The summed E-state index contributed by atoms with van der Waals surface area (Å²) in [5.74, 6) is -1.72. The van der Waals surface area contributed by atoms with Crippen molar-refractivity contribution in [3.05, 3.63) is 11.9 Å². The average Bonchev–Trinajstić information content (AvgIpc) is 2.35. The highest BCUT2D eigenvalue weighted by Crippen LogP contribution is 2.11. The number of aromatic carboxylic acids is 1. The van der Waals surface area contributed by atoms with Crippen LogP contribution in [0.25, 0.3) is 0 Å². The topological polar surface area (TPSA) is 137 Å². The first-order valence-electron chi connectivity index (χ1n) is 6.60. The number of carboxylic acid groups (broad SMARTS) is 1. The molecule has 0 radical (unpaired) electrons. The number of hydrogen-bond donors (Lipinski definition) is 3. The van der Waals surface area contributed by atoms with Gasteiger partial charge >= 0.3 is 11.9 Å². The van der Waals surface area contributed by atoms with E-state index in [9.17, 15) is 9.59 Å². The number of carbonyl (C=O) groups is 2. The zero-order valence-corrected chi connectivity index (χ0v) is 12.8. The number of carboxylic acids is 1. The lowest BCUT2D eigenvalue weighted by molar-refractivity contribution is -0.153. The SMILES string of the molecule is CC(C)(C)OC(=O)CNCCOc1cnc(C(=O)O)c(N)n1. The van der Waals surface area contributed by atoms with Crippen LogP contribution >= 0.6 is 0 Å². The Morgan fingerprint density at radius 1 is 1.41 bits per heavy atom. The van der Waals surface area contributed by atoms with Crippen LogP contribution in [-0.4, -0.2) is 52.3 Å². The second kappa shape index (κ2) is 7.55. The van der Waals surface area contributed by atoms with Crippen LogP contribution in [0.1, 0.15) is 31.3 Å². The van der Waals surface area contributed by atoms with Crippen molar-refractivity contribution in [2.24, 2.45) is 0 Å². The fourth-order valence-electron chi connectivity index (χ4n) is 1.42. The number of ether oxygens (including phenoxy) is 2. The molecule has 9 nitrogen and oxygen atoms in total. The minimum atomic E-state index is -1.25. The predicted octanol–water partition coefficient (Wildman–Crippen LogP) is 0.0671. The molecule has 1 rings (SSSR count). The molecule has 4 N–H and O–H groups in total. The highest BCUT2D eigenvalue weighted by molar-refractivity contribution is 5.90. The van der Waals surface area contributed by atoms with Gasteiger partial charge in [-0.1, -0.05) is 0 Å². The van der Waals surface area contributed by atoms with Gasteiger partial charge in [-0.25, -0.2) is 9.78 Å². The lowest BCUT2D eigenvalue weighted by atomic mass is 10.2. The van der Waals surface area contributed by atoms with E-state index in [-0.39, 0.29) is 36.5 Å². The molecule has 1 aromatic heterocycles. The molecule has 1 aromatic rings. The number of esters is 1. The van der Waals surface area contributed by atoms with Crippen molar-refractivity contribution in [1.29, 1.82) is 0 Å². The van der Waals surface area contributed by atoms with Crippen molar-refractivity contribution in [1.82, 2.24) is 15.3 Å². The predicted molar refractivity (Wildman–Crippen MR) is 77.6 cm³/mol. The van der Waals surface area contributed by atoms with Gasteiger partial charge < -0.3 is 25.6 Å². The summed E-state index contributed by atoms with van der Waals surface area (Å²) in [4.78, 5) is 29.5. The van der Waals surface area contributed by atoms with Crippen LogP contribution in [0.5, 0.6) is 5.88 Å². The van der Waals surface area contributed by atoms with E-state index >= 15 is 0 Å². The van der Waals surface area contributed by atoms with Gasteiger partial charge in [0.2, 0.25) is 5.88 Å². The van der Waals surface area contributed by atoms with Gasteiger partial charge in [0.1, 0.15) is 12.2 Å². The molecule has 1 heterocycles. The Morgan fingerprint density at radius 3 is 2.64 bits per heavy atom. The van der Waals surface area contributed by atoms with E-state index in [2.05, 4.69) is 15.3 Å². The normalized spacial score (nSPS) is 11.0. The molecule has 0 bridgehead atoms. The van der Waals surface area contributed by atoms with Gasteiger partial charge in [0.15, 0.2) is 11.5 Å². The maximum atomic E-state index is 11.4. The van der Waals surface area contributed by atoms with Crippen LogP contribution in [0.2, 0.25) is 0 Å². The van der Waals surface area contributed by atoms with E-state index in [1.54, 1.807) is 20.8 Å². The van der Waals surface area contributed by atoms with Gasteiger partial charge in [0, 0.05) is 6.54 Å². The molecule has 0 fully saturated rings. The van der Waals surface area contributed by atoms with Gasteiger partial charge in [-0.2, -0.15) is 4.98 Å². The molecule has 22 heavy (non-hydrogen) atoms. The van der Waals surface area contributed by atoms with E-state index in [1.165, 1.54) is 6.20 Å². The molecule has 0 aliphatic heterocycles. The lowest BCUT2D eigenvalue weighted by Crippen LogP contribution is -2.33. The molecule has 0 saturated heterocycles. The van der Waals surface area contributed by atoms with Crippen LogP contribution in [0, 0.1) is 0 Å². The number of hydrogen-bond acceptors (Lipinski definition) is 8. The molecular formula is C13H20N4O5. The minimum absolute atomic E-state index is 0.0619. The monoisotopic (exact) mass is 312 g/mol. The Balaban J connectivity index is 2.29. The lowest BCUT2D eigenvalue weighted by Gasteiger charge is -2.19. The highest BCUT2D eigenvalue weighted by atomic mass is 16.6. The third-order valence-electron chi connectivity index (χ3n) is 2.20. The van der Waals surface area contributed by atoms with Gasteiger partial charge in [-0.3, -0.25) is 4.79 Å². The molecule has 0 aliphatic carbocycles. The van der Waals surface area contributed by atoms with E-state index in [4.69, 9.17) is 20.3 Å². The Morgan fingerprint density at radius 2 is 2.09 bits per heavy atom. The molecule has 0 atom stereocenters. The Hall–Kier alpha value is -2.42. The first-order valence-corrected chi connectivity index (χ1v) is 6.60. The van der Waals surface area contributed by atoms with Crippen molar-refractivity contribution < 1.29 is 24.2 Å². The fourth-order valence-corrected chi connectivity index (χ4v) is 1.42. The molecule has 122 valence electrons. The van der Waals surface area contributed by atoms with Crippen molar-refractivity contribution in [2.45, 2.75) is 26.4 Å². The van der Waals surface area contributed by atoms with E-state index in [0.29, 0.717) is 6.54 Å². The number of nitrogens with two attached hydrogens (primary N) is 1. The van der Waals surface area contributed by atoms with Crippen molar-refractivity contribution in [3.63, 3.8) is 0 Å². The van der Waals surface area contributed by atoms with Gasteiger partial charge in [0.05, 0.1) is 12.7 Å². The van der Waals surface area contributed by atoms with Gasteiger partial charge in [-0.05, 0) is 20.8 Å². The van der Waals surface area contributed by atoms with Crippen LogP contribution in [0.15, 0.2) is 6.20 Å². The van der Waals surface area contributed by atoms with E-state index < -0.39 is 11.6 Å². The van der Waals surface area contributed by atoms with Crippen molar-refractivity contribution >= 4 is 17.8 Å². The van der Waals surface area contributed by atoms with E-state index in [0.717, 1.165) is 0 Å². The maximum absolute atomic E-state index is 11.4. The minimum Gasteiger partial charge on any atom is -0.476 e. The van der Waals surface area contributed by atoms with Crippen LogP contribution in [-0.2, 0) is 9.53 Å². The Labute approximate surface area is 127 Å². The summed E-state index contributed by atoms with van der Waals surface area (Å²) in [7, 11) is 0. The quantitative estimate of drug-likeness (QED) is 0.471. The molecule has 0 spiro atoms. The van der Waals surface area contributed by atoms with Crippen molar-refractivity contribution in [2.75, 3.05) is 25.4 Å². The summed E-state index contributed by atoms with van der Waals surface area (Å²) in [6, 6.07) is 0. The van der Waals surface area contributed by atoms with Gasteiger partial charge in [0.25, 0.3) is 0 Å².